The Morgan fingerprint density at radius 3 is 1.22 bits per heavy atom. The second-order valence-electron chi connectivity index (χ2n) is 9.77. The molecule has 0 N–H and O–H groups in total. The van der Waals surface area contributed by atoms with Crippen LogP contribution in [0.15, 0.2) is 48.5 Å². The lowest BCUT2D eigenvalue weighted by atomic mass is 9.90. The fourth-order valence-electron chi connectivity index (χ4n) is 5.39. The van der Waals surface area contributed by atoms with Gasteiger partial charge in [-0.3, -0.25) is 0 Å². The van der Waals surface area contributed by atoms with Crippen LogP contribution < -0.4 is 0 Å². The van der Waals surface area contributed by atoms with Crippen molar-refractivity contribution >= 4 is 43.3 Å². The van der Waals surface area contributed by atoms with Crippen LogP contribution in [-0.4, -0.2) is 12.5 Å². The van der Waals surface area contributed by atoms with Crippen molar-refractivity contribution in [3.63, 3.8) is 0 Å². The van der Waals surface area contributed by atoms with E-state index in [1.54, 1.807) is 11.1 Å². The van der Waals surface area contributed by atoms with Crippen molar-refractivity contribution in [2.75, 3.05) is 12.5 Å². The van der Waals surface area contributed by atoms with Gasteiger partial charge in [0.1, 0.15) is 23.0 Å². The summed E-state index contributed by atoms with van der Waals surface area (Å²) in [6.45, 7) is 9.46. The van der Waals surface area contributed by atoms with Gasteiger partial charge in [-0.15, -0.1) is 0 Å². The highest BCUT2D eigenvalue weighted by Gasteiger charge is 2.25. The van der Waals surface area contributed by atoms with Gasteiger partial charge >= 0.3 is 0 Å². The third-order valence-electron chi connectivity index (χ3n) is 7.51. The summed E-state index contributed by atoms with van der Waals surface area (Å²) in [5, 5.41) is 5.56. The topological polar surface area (TPSA) is 0 Å². The molecule has 0 fully saturated rings. The maximum absolute atomic E-state index is 2.47. The van der Waals surface area contributed by atoms with Crippen LogP contribution in [0.25, 0.3) is 21.5 Å². The fraction of sp³-hybridized carbons (Fsp3) is 0.333. The molecule has 32 heavy (non-hydrogen) atoms. The van der Waals surface area contributed by atoms with E-state index in [1.165, 1.54) is 66.4 Å². The molecule has 2 aliphatic heterocycles. The fourth-order valence-corrected chi connectivity index (χ4v) is 8.94. The highest BCUT2D eigenvalue weighted by Crippen LogP contribution is 2.33. The Morgan fingerprint density at radius 1 is 0.500 bits per heavy atom. The SMILES string of the molecule is Cc1c(C)c2c(C)c(C)c1C[S+](C)Cc1ccc3ccc4ccc(cc4c3c1)C[S+](C)C2. The number of hydrogen-bond donors (Lipinski definition) is 0. The largest absolute Gasteiger partial charge is 0.133 e. The minimum Gasteiger partial charge on any atom is -0.0539 e. The maximum atomic E-state index is 2.47. The average Bonchev–Trinajstić information content (AvgIpc) is 2.77. The van der Waals surface area contributed by atoms with E-state index >= 15 is 0 Å². The van der Waals surface area contributed by atoms with Crippen molar-refractivity contribution in [1.82, 2.24) is 0 Å². The maximum Gasteiger partial charge on any atom is 0.133 e. The first-order valence-electron chi connectivity index (χ1n) is 11.5. The van der Waals surface area contributed by atoms with Crippen molar-refractivity contribution in [3.05, 3.63) is 93.0 Å². The van der Waals surface area contributed by atoms with E-state index in [1.807, 2.05) is 0 Å². The van der Waals surface area contributed by atoms with Crippen LogP contribution in [0.5, 0.6) is 0 Å². The van der Waals surface area contributed by atoms with Crippen molar-refractivity contribution in [2.45, 2.75) is 50.7 Å². The molecule has 0 aliphatic carbocycles. The van der Waals surface area contributed by atoms with Crippen LogP contribution in [0.2, 0.25) is 0 Å². The second-order valence-corrected chi connectivity index (χ2v) is 14.1. The monoisotopic (exact) mass is 458 g/mol. The molecule has 2 heterocycles. The minimum absolute atomic E-state index is 0.310. The van der Waals surface area contributed by atoms with Gasteiger partial charge in [-0.1, -0.05) is 36.4 Å². The van der Waals surface area contributed by atoms with E-state index in [2.05, 4.69) is 88.7 Å². The smallest absolute Gasteiger partial charge is 0.0539 e. The summed E-state index contributed by atoms with van der Waals surface area (Å²) in [5.41, 5.74) is 12.3. The molecule has 6 bridgehead atoms. The summed E-state index contributed by atoms with van der Waals surface area (Å²) in [4.78, 5) is 0. The predicted octanol–water partition coefficient (Wildman–Crippen LogP) is 7.44. The molecule has 4 aromatic rings. The normalized spacial score (nSPS) is 19.1. The summed E-state index contributed by atoms with van der Waals surface area (Å²) in [6, 6.07) is 18.9. The molecule has 0 aromatic heterocycles. The van der Waals surface area contributed by atoms with Gasteiger partial charge in [-0.2, -0.15) is 0 Å². The molecule has 0 saturated heterocycles. The average molecular weight is 459 g/mol. The first-order valence-corrected chi connectivity index (χ1v) is 15.5. The van der Waals surface area contributed by atoms with Crippen molar-refractivity contribution in [2.24, 2.45) is 0 Å². The molecule has 0 radical (unpaired) electrons. The van der Waals surface area contributed by atoms with E-state index in [0.29, 0.717) is 21.8 Å². The van der Waals surface area contributed by atoms with Crippen LogP contribution in [-0.2, 0) is 44.8 Å². The van der Waals surface area contributed by atoms with Crippen LogP contribution in [0, 0.1) is 27.7 Å². The summed E-state index contributed by atoms with van der Waals surface area (Å²) in [7, 11) is 0.620. The highest BCUT2D eigenvalue weighted by molar-refractivity contribution is 7.94. The molecule has 2 aliphatic rings. The molecule has 164 valence electrons. The van der Waals surface area contributed by atoms with E-state index < -0.39 is 0 Å². The van der Waals surface area contributed by atoms with Crippen LogP contribution in [0.3, 0.4) is 0 Å². The zero-order valence-corrected chi connectivity index (χ0v) is 21.9. The Kier molecular flexibility index (Phi) is 5.80. The van der Waals surface area contributed by atoms with Crippen LogP contribution in [0.4, 0.5) is 0 Å². The molecule has 0 saturated carbocycles. The van der Waals surface area contributed by atoms with Gasteiger partial charge < -0.3 is 0 Å². The predicted molar refractivity (Wildman–Crippen MR) is 148 cm³/mol. The third kappa shape index (κ3) is 3.86. The molecule has 4 aromatic carbocycles. The lowest BCUT2D eigenvalue weighted by Crippen LogP contribution is -2.15. The lowest BCUT2D eigenvalue weighted by molar-refractivity contribution is 1.10. The molecular weight excluding hydrogens is 424 g/mol. The van der Waals surface area contributed by atoms with Gasteiger partial charge in [-0.25, -0.2) is 0 Å². The summed E-state index contributed by atoms with van der Waals surface area (Å²) in [5.74, 6) is 4.69. The van der Waals surface area contributed by atoms with E-state index in [9.17, 15) is 0 Å². The van der Waals surface area contributed by atoms with E-state index in [4.69, 9.17) is 0 Å². The summed E-state index contributed by atoms with van der Waals surface area (Å²) >= 11 is 0. The Labute approximate surface area is 199 Å². The highest BCUT2D eigenvalue weighted by atomic mass is 32.2. The van der Waals surface area contributed by atoms with Crippen molar-refractivity contribution < 1.29 is 0 Å². The Hall–Kier alpha value is -1.90. The number of benzene rings is 4. The summed E-state index contributed by atoms with van der Waals surface area (Å²) in [6.07, 6.45) is 4.91. The first kappa shape index (κ1) is 21.9. The van der Waals surface area contributed by atoms with E-state index in [0.717, 1.165) is 11.5 Å². The quantitative estimate of drug-likeness (QED) is 0.190. The van der Waals surface area contributed by atoms with Gasteiger partial charge in [-0.05, 0) is 105 Å². The van der Waals surface area contributed by atoms with Crippen molar-refractivity contribution in [1.29, 1.82) is 0 Å². The zero-order chi connectivity index (χ0) is 22.6. The minimum atomic E-state index is 0.310. The molecule has 6 rings (SSSR count). The van der Waals surface area contributed by atoms with Crippen LogP contribution in [0.1, 0.15) is 44.5 Å². The molecule has 0 spiro atoms. The molecule has 0 amide bonds. The zero-order valence-electron chi connectivity index (χ0n) is 20.3. The molecule has 0 nitrogen and oxygen atoms in total. The Bertz CT molecular complexity index is 1220. The van der Waals surface area contributed by atoms with Gasteiger partial charge in [0.2, 0.25) is 0 Å². The van der Waals surface area contributed by atoms with Gasteiger partial charge in [0.15, 0.2) is 0 Å². The Balaban J connectivity index is 1.71. The van der Waals surface area contributed by atoms with Gasteiger partial charge in [0.25, 0.3) is 0 Å². The number of rotatable bonds is 0. The standard InChI is InChI=1S/C30H34S2/c1-19-20(2)30-18-32(6)16-24-8-10-26-12-11-25-9-7-23(13-27(25)28(26)14-24)15-31(5)17-29(19)21(3)22(30)4/h7-14H,15-18H2,1-6H3/q+2. The Morgan fingerprint density at radius 2 is 0.844 bits per heavy atom. The van der Waals surface area contributed by atoms with Gasteiger partial charge in [0.05, 0.1) is 12.5 Å². The number of fused-ring (bicyclic) bond motifs is 6. The molecule has 2 heteroatoms. The lowest BCUT2D eigenvalue weighted by Gasteiger charge is -2.20. The van der Waals surface area contributed by atoms with E-state index in [-0.39, 0.29) is 0 Å². The van der Waals surface area contributed by atoms with Crippen LogP contribution >= 0.6 is 0 Å². The van der Waals surface area contributed by atoms with Gasteiger partial charge in [0, 0.05) is 22.3 Å². The summed E-state index contributed by atoms with van der Waals surface area (Å²) < 4.78 is 0. The molecule has 2 unspecified atom stereocenters. The number of hydrogen-bond acceptors (Lipinski definition) is 0. The first-order chi connectivity index (χ1) is 15.3. The second kappa shape index (κ2) is 8.47. The molecule has 2 atom stereocenters. The third-order valence-corrected chi connectivity index (χ3v) is 10.7. The molecular formula is C30H34S2+2. The van der Waals surface area contributed by atoms with Crippen molar-refractivity contribution in [3.8, 4) is 0 Å².